The van der Waals surface area contributed by atoms with Gasteiger partial charge in [-0.1, -0.05) is 90.6 Å². The summed E-state index contributed by atoms with van der Waals surface area (Å²) in [6, 6.07) is 44.9. The van der Waals surface area contributed by atoms with Gasteiger partial charge in [-0.15, -0.1) is 0 Å². The van der Waals surface area contributed by atoms with Gasteiger partial charge >= 0.3 is 0 Å². The van der Waals surface area contributed by atoms with E-state index in [0.717, 1.165) is 44.7 Å². The Balaban J connectivity index is 1.20. The van der Waals surface area contributed by atoms with E-state index in [1.165, 1.54) is 15.6 Å². The second-order valence-electron chi connectivity index (χ2n) is 12.0. The molecule has 1 aliphatic rings. The van der Waals surface area contributed by atoms with E-state index < -0.39 is 11.7 Å². The lowest BCUT2D eigenvalue weighted by Gasteiger charge is -2.36. The Morgan fingerprint density at radius 1 is 0.735 bits per heavy atom. The number of nitrogens with zero attached hydrogens (tertiary/aromatic N) is 2. The van der Waals surface area contributed by atoms with Crippen LogP contribution >= 0.6 is 11.8 Å². The molecule has 1 N–H and O–H groups in total. The van der Waals surface area contributed by atoms with Crippen LogP contribution in [0, 0.1) is 0 Å². The van der Waals surface area contributed by atoms with Crippen molar-refractivity contribution in [2.75, 3.05) is 32.8 Å². The number of ether oxygens (including phenoxy) is 3. The summed E-state index contributed by atoms with van der Waals surface area (Å²) in [4.78, 5) is 3.49. The average Bonchev–Trinajstić information content (AvgIpc) is 3.48. The highest BCUT2D eigenvalue weighted by molar-refractivity contribution is 8.03. The van der Waals surface area contributed by atoms with Crippen molar-refractivity contribution >= 4 is 34.4 Å². The lowest BCUT2D eigenvalue weighted by molar-refractivity contribution is -0.679. The van der Waals surface area contributed by atoms with E-state index in [-0.39, 0.29) is 6.61 Å². The van der Waals surface area contributed by atoms with Crippen LogP contribution in [0.1, 0.15) is 22.3 Å². The van der Waals surface area contributed by atoms with E-state index in [1.807, 2.05) is 72.8 Å². The molecular weight excluding hydrogens is 629 g/mol. The molecule has 1 aromatic heterocycles. The Morgan fingerprint density at radius 2 is 1.33 bits per heavy atom. The summed E-state index contributed by atoms with van der Waals surface area (Å²) in [5.41, 5.74) is 5.17. The van der Waals surface area contributed by atoms with Crippen molar-refractivity contribution in [1.82, 2.24) is 0 Å². The van der Waals surface area contributed by atoms with E-state index in [2.05, 4.69) is 89.5 Å². The minimum absolute atomic E-state index is 0.0831. The molecule has 1 aliphatic heterocycles. The Labute approximate surface area is 291 Å². The van der Waals surface area contributed by atoms with Gasteiger partial charge in [-0.25, -0.2) is 0 Å². The van der Waals surface area contributed by atoms with Gasteiger partial charge in [0.15, 0.2) is 12.7 Å². The molecule has 7 heteroatoms. The van der Waals surface area contributed by atoms with Crippen LogP contribution in [-0.4, -0.2) is 39.1 Å². The zero-order valence-corrected chi connectivity index (χ0v) is 28.6. The number of thioether (sulfide) groups is 1. The van der Waals surface area contributed by atoms with E-state index in [4.69, 9.17) is 14.2 Å². The number of benzene rings is 5. The lowest BCUT2D eigenvalue weighted by Crippen LogP contribution is -2.44. The van der Waals surface area contributed by atoms with Crippen molar-refractivity contribution in [3.05, 3.63) is 167 Å². The van der Waals surface area contributed by atoms with Crippen LogP contribution in [0.4, 0.5) is 5.69 Å². The Kier molecular flexibility index (Phi) is 9.40. The summed E-state index contributed by atoms with van der Waals surface area (Å²) in [6.45, 7) is 0.438. The number of pyridine rings is 1. The maximum atomic E-state index is 11.7. The Bertz CT molecular complexity index is 2030. The van der Waals surface area contributed by atoms with Gasteiger partial charge in [-0.2, -0.15) is 4.57 Å². The predicted molar refractivity (Wildman–Crippen MR) is 197 cm³/mol. The van der Waals surface area contributed by atoms with E-state index in [1.54, 1.807) is 26.0 Å². The molecule has 49 heavy (non-hydrogen) atoms. The van der Waals surface area contributed by atoms with Crippen LogP contribution in [-0.2, 0) is 16.9 Å². The molecule has 0 radical (unpaired) electrons. The standard InChI is InChI=1S/C42H39N2O4S/c1-43-39-15-9-10-16-40(39)49-41(43)27-30-25-26-44(38-14-8-7-13-37(30)38)28-34(45)29-48-42(31-11-5-4-6-12-31,32-17-21-35(46-2)22-18-32)33-19-23-36(47-3)24-20-33/h4-27,34,45H,28-29H2,1-3H3/q+1/t34-/m1/s1. The normalized spacial score (nSPS) is 14.2. The molecule has 0 amide bonds. The van der Waals surface area contributed by atoms with Gasteiger partial charge in [0.2, 0.25) is 5.52 Å². The number of aromatic nitrogens is 1. The topological polar surface area (TPSA) is 55.0 Å². The van der Waals surface area contributed by atoms with Crippen LogP contribution in [0.2, 0.25) is 0 Å². The number of fused-ring (bicyclic) bond motifs is 2. The SMILES string of the molecule is COc1ccc(C(OC[C@H](O)C[n+]2ccc(/C=C3\Sc4ccccc4N3C)c3ccccc32)(c2ccccc2)c2ccc(OC)cc2)cc1. The number of aliphatic hydroxyl groups excluding tert-OH is 1. The first kappa shape index (κ1) is 32.5. The van der Waals surface area contributed by atoms with E-state index in [0.29, 0.717) is 6.54 Å². The number of para-hydroxylation sites is 2. The first-order valence-electron chi connectivity index (χ1n) is 16.3. The molecule has 0 saturated carbocycles. The Hall–Kier alpha value is -5.08. The first-order valence-corrected chi connectivity index (χ1v) is 17.1. The molecule has 0 bridgehead atoms. The number of hydrogen-bond acceptors (Lipinski definition) is 6. The van der Waals surface area contributed by atoms with Crippen LogP contribution < -0.4 is 18.9 Å². The third-order valence-electron chi connectivity index (χ3n) is 9.08. The summed E-state index contributed by atoms with van der Waals surface area (Å²) >= 11 is 1.78. The highest BCUT2D eigenvalue weighted by Gasteiger charge is 2.39. The maximum Gasteiger partial charge on any atom is 0.213 e. The van der Waals surface area contributed by atoms with Crippen molar-refractivity contribution < 1.29 is 23.9 Å². The van der Waals surface area contributed by atoms with Crippen LogP contribution in [0.25, 0.3) is 17.0 Å². The van der Waals surface area contributed by atoms with E-state index >= 15 is 0 Å². The summed E-state index contributed by atoms with van der Waals surface area (Å²) in [6.07, 6.45) is 3.50. The lowest BCUT2D eigenvalue weighted by atomic mass is 9.80. The molecule has 2 heterocycles. The van der Waals surface area contributed by atoms with Gasteiger partial charge in [0.25, 0.3) is 0 Å². The van der Waals surface area contributed by atoms with Crippen molar-refractivity contribution in [1.29, 1.82) is 0 Å². The number of aliphatic hydroxyl groups is 1. The number of rotatable bonds is 11. The predicted octanol–water partition coefficient (Wildman–Crippen LogP) is 8.05. The van der Waals surface area contributed by atoms with Crippen molar-refractivity contribution in [2.24, 2.45) is 0 Å². The molecule has 0 saturated heterocycles. The molecule has 6 aromatic rings. The van der Waals surface area contributed by atoms with Gasteiger partial charge in [0, 0.05) is 24.1 Å². The van der Waals surface area contributed by atoms with E-state index in [9.17, 15) is 5.11 Å². The quantitative estimate of drug-likeness (QED) is 0.112. The second-order valence-corrected chi connectivity index (χ2v) is 13.1. The summed E-state index contributed by atoms with van der Waals surface area (Å²) in [5, 5.41) is 13.9. The number of hydrogen-bond donors (Lipinski definition) is 1. The average molecular weight is 668 g/mol. The number of anilines is 1. The van der Waals surface area contributed by atoms with Gasteiger partial charge in [-0.3, -0.25) is 0 Å². The summed E-state index contributed by atoms with van der Waals surface area (Å²) < 4.78 is 20.0. The summed E-state index contributed by atoms with van der Waals surface area (Å²) in [5.74, 6) is 1.51. The minimum Gasteiger partial charge on any atom is -0.497 e. The fraction of sp³-hybridized carbons (Fsp3) is 0.167. The van der Waals surface area contributed by atoms with Crippen LogP contribution in [0.3, 0.4) is 0 Å². The van der Waals surface area contributed by atoms with Gasteiger partial charge in [-0.05, 0) is 70.8 Å². The molecule has 0 unspecified atom stereocenters. The zero-order chi connectivity index (χ0) is 33.8. The van der Waals surface area contributed by atoms with Gasteiger partial charge < -0.3 is 24.2 Å². The van der Waals surface area contributed by atoms with Crippen LogP contribution in [0.5, 0.6) is 11.5 Å². The molecule has 5 aromatic carbocycles. The monoisotopic (exact) mass is 667 g/mol. The maximum absolute atomic E-state index is 11.7. The first-order chi connectivity index (χ1) is 24.0. The molecule has 0 fully saturated rings. The molecular formula is C42H39N2O4S+. The zero-order valence-electron chi connectivity index (χ0n) is 27.8. The van der Waals surface area contributed by atoms with Gasteiger partial charge in [0.05, 0.1) is 36.9 Å². The summed E-state index contributed by atoms with van der Waals surface area (Å²) in [7, 11) is 5.43. The third kappa shape index (κ3) is 6.41. The molecule has 246 valence electrons. The molecule has 0 aliphatic carbocycles. The van der Waals surface area contributed by atoms with Gasteiger partial charge in [0.1, 0.15) is 23.2 Å². The molecule has 6 nitrogen and oxygen atoms in total. The van der Waals surface area contributed by atoms with Crippen LogP contribution in [0.15, 0.2) is 150 Å². The fourth-order valence-electron chi connectivity index (χ4n) is 6.55. The van der Waals surface area contributed by atoms with Crippen molar-refractivity contribution in [3.8, 4) is 11.5 Å². The van der Waals surface area contributed by atoms with Crippen molar-refractivity contribution in [3.63, 3.8) is 0 Å². The number of methoxy groups -OCH3 is 2. The smallest absolute Gasteiger partial charge is 0.213 e. The molecule has 7 rings (SSSR count). The molecule has 1 atom stereocenters. The Morgan fingerprint density at radius 3 is 1.98 bits per heavy atom. The largest absolute Gasteiger partial charge is 0.497 e. The van der Waals surface area contributed by atoms with Crippen molar-refractivity contribution in [2.45, 2.75) is 23.1 Å². The highest BCUT2D eigenvalue weighted by atomic mass is 32.2. The molecule has 0 spiro atoms. The highest BCUT2D eigenvalue weighted by Crippen LogP contribution is 2.46. The fourth-order valence-corrected chi connectivity index (χ4v) is 7.65. The minimum atomic E-state index is -1.01. The third-order valence-corrected chi connectivity index (χ3v) is 10.2. The second kappa shape index (κ2) is 14.2.